The first-order valence-electron chi connectivity index (χ1n) is 9.88. The van der Waals surface area contributed by atoms with E-state index in [0.717, 1.165) is 16.7 Å². The van der Waals surface area contributed by atoms with Crippen LogP contribution in [0, 0.1) is 13.8 Å². The molecule has 0 saturated carbocycles. The fourth-order valence-corrected chi connectivity index (χ4v) is 3.67. The van der Waals surface area contributed by atoms with Crippen LogP contribution >= 0.6 is 0 Å². The number of Topliss-reactive ketones (excluding diaryl/α,β-unsaturated/α-hetero) is 1. The lowest BCUT2D eigenvalue weighted by molar-refractivity contribution is -0.140. The van der Waals surface area contributed by atoms with Crippen molar-refractivity contribution in [3.63, 3.8) is 0 Å². The number of carbonyl (C=O) groups excluding carboxylic acids is 2. The molecule has 1 amide bonds. The predicted octanol–water partition coefficient (Wildman–Crippen LogP) is 3.77. The van der Waals surface area contributed by atoms with Gasteiger partial charge in [-0.15, -0.1) is 0 Å². The van der Waals surface area contributed by atoms with E-state index in [1.54, 1.807) is 32.4 Å². The van der Waals surface area contributed by atoms with Gasteiger partial charge in [-0.3, -0.25) is 9.59 Å². The second-order valence-electron chi connectivity index (χ2n) is 7.41. The highest BCUT2D eigenvalue weighted by molar-refractivity contribution is 6.46. The maximum atomic E-state index is 13.0. The molecule has 1 N–H and O–H groups in total. The molecule has 1 aliphatic rings. The molecule has 0 bridgehead atoms. The van der Waals surface area contributed by atoms with E-state index in [1.165, 1.54) is 4.90 Å². The molecule has 0 aliphatic carbocycles. The van der Waals surface area contributed by atoms with Gasteiger partial charge in [0.1, 0.15) is 11.5 Å². The summed E-state index contributed by atoms with van der Waals surface area (Å²) in [5.41, 5.74) is 3.43. The normalized spacial score (nSPS) is 18.1. The molecule has 0 radical (unpaired) electrons. The lowest BCUT2D eigenvalue weighted by Crippen LogP contribution is -2.31. The van der Waals surface area contributed by atoms with Crippen molar-refractivity contribution in [3.05, 3.63) is 70.3 Å². The van der Waals surface area contributed by atoms with Crippen LogP contribution in [0.25, 0.3) is 5.76 Å². The van der Waals surface area contributed by atoms with Gasteiger partial charge in [0.05, 0.1) is 18.7 Å². The molecule has 30 heavy (non-hydrogen) atoms. The van der Waals surface area contributed by atoms with Crippen molar-refractivity contribution < 1.29 is 24.2 Å². The van der Waals surface area contributed by atoms with Gasteiger partial charge in [-0.25, -0.2) is 0 Å². The summed E-state index contributed by atoms with van der Waals surface area (Å²) in [6.07, 6.45) is 0.583. The number of hydrogen-bond acceptors (Lipinski definition) is 5. The fraction of sp³-hybridized carbons (Fsp3) is 0.333. The molecular formula is C24H27NO5. The molecule has 2 aromatic rings. The molecule has 0 spiro atoms. The highest BCUT2D eigenvalue weighted by Gasteiger charge is 2.45. The van der Waals surface area contributed by atoms with Gasteiger partial charge in [-0.05, 0) is 55.2 Å². The Balaban J connectivity index is 2.12. The second kappa shape index (κ2) is 9.13. The maximum absolute atomic E-state index is 13.0. The Morgan fingerprint density at radius 1 is 1.03 bits per heavy atom. The number of hydrogen-bond donors (Lipinski definition) is 1. The molecule has 1 aliphatic heterocycles. The molecule has 0 aromatic heterocycles. The Morgan fingerprint density at radius 2 is 1.73 bits per heavy atom. The zero-order chi connectivity index (χ0) is 21.8. The van der Waals surface area contributed by atoms with Gasteiger partial charge in [-0.2, -0.15) is 0 Å². The summed E-state index contributed by atoms with van der Waals surface area (Å²) in [4.78, 5) is 27.3. The average molecular weight is 409 g/mol. The molecule has 3 rings (SSSR count). The Labute approximate surface area is 176 Å². The van der Waals surface area contributed by atoms with E-state index in [2.05, 4.69) is 0 Å². The van der Waals surface area contributed by atoms with Crippen molar-refractivity contribution in [1.82, 2.24) is 4.90 Å². The molecule has 1 saturated heterocycles. The van der Waals surface area contributed by atoms with E-state index >= 15 is 0 Å². The van der Waals surface area contributed by atoms with Crippen LogP contribution in [0.3, 0.4) is 0 Å². The summed E-state index contributed by atoms with van der Waals surface area (Å²) in [6.45, 7) is 4.73. The lowest BCUT2D eigenvalue weighted by Gasteiger charge is -2.25. The summed E-state index contributed by atoms with van der Waals surface area (Å²) in [5.74, 6) is -0.781. The Kier molecular flexibility index (Phi) is 6.57. The molecule has 1 fully saturated rings. The van der Waals surface area contributed by atoms with Gasteiger partial charge in [0.2, 0.25) is 0 Å². The fourth-order valence-electron chi connectivity index (χ4n) is 3.67. The predicted molar refractivity (Wildman–Crippen MR) is 114 cm³/mol. The van der Waals surface area contributed by atoms with E-state index in [-0.39, 0.29) is 11.3 Å². The van der Waals surface area contributed by atoms with Crippen molar-refractivity contribution in [1.29, 1.82) is 0 Å². The third-order valence-electron chi connectivity index (χ3n) is 5.50. The highest BCUT2D eigenvalue weighted by atomic mass is 16.5. The summed E-state index contributed by atoms with van der Waals surface area (Å²) in [5, 5.41) is 11.1. The number of likely N-dealkylation sites (tertiary alicyclic amines) is 1. The van der Waals surface area contributed by atoms with E-state index in [0.29, 0.717) is 30.9 Å². The monoisotopic (exact) mass is 409 g/mol. The van der Waals surface area contributed by atoms with E-state index in [4.69, 9.17) is 9.47 Å². The van der Waals surface area contributed by atoms with E-state index < -0.39 is 17.7 Å². The number of benzene rings is 2. The van der Waals surface area contributed by atoms with Gasteiger partial charge in [-0.1, -0.05) is 24.3 Å². The van der Waals surface area contributed by atoms with Gasteiger partial charge < -0.3 is 19.5 Å². The standard InChI is InChI=1S/C24H27NO5/c1-15-6-7-18(14-16(15)2)22(26)20-21(17-8-10-19(30-4)11-9-17)25(12-5-13-29-3)24(28)23(20)27/h6-11,14,21,26H,5,12-13H2,1-4H3/b22-20-. The van der Waals surface area contributed by atoms with Crippen molar-refractivity contribution in [2.45, 2.75) is 26.3 Å². The zero-order valence-corrected chi connectivity index (χ0v) is 17.8. The van der Waals surface area contributed by atoms with Crippen LogP contribution in [0.2, 0.25) is 0 Å². The molecule has 2 aromatic carbocycles. The Bertz CT molecular complexity index is 978. The summed E-state index contributed by atoms with van der Waals surface area (Å²) >= 11 is 0. The minimum atomic E-state index is -0.677. The summed E-state index contributed by atoms with van der Waals surface area (Å²) in [7, 11) is 3.17. The number of rotatable bonds is 7. The molecule has 1 unspecified atom stereocenters. The average Bonchev–Trinajstić information content (AvgIpc) is 3.00. The number of amides is 1. The molecule has 158 valence electrons. The van der Waals surface area contributed by atoms with Crippen LogP contribution in [0.1, 0.15) is 34.7 Å². The maximum Gasteiger partial charge on any atom is 0.295 e. The minimum absolute atomic E-state index is 0.103. The van der Waals surface area contributed by atoms with Crippen LogP contribution in [0.4, 0.5) is 0 Å². The van der Waals surface area contributed by atoms with Crippen molar-refractivity contribution in [3.8, 4) is 5.75 Å². The van der Waals surface area contributed by atoms with Gasteiger partial charge in [0.25, 0.3) is 11.7 Å². The smallest absolute Gasteiger partial charge is 0.295 e. The topological polar surface area (TPSA) is 76.1 Å². The van der Waals surface area contributed by atoms with Crippen LogP contribution in [-0.2, 0) is 14.3 Å². The Morgan fingerprint density at radius 3 is 2.33 bits per heavy atom. The molecular weight excluding hydrogens is 382 g/mol. The first kappa shape index (κ1) is 21.6. The summed E-state index contributed by atoms with van der Waals surface area (Å²) < 4.78 is 10.3. The van der Waals surface area contributed by atoms with E-state index in [9.17, 15) is 14.7 Å². The molecule has 6 heteroatoms. The first-order valence-corrected chi connectivity index (χ1v) is 9.88. The lowest BCUT2D eigenvalue weighted by atomic mass is 9.94. The Hall–Kier alpha value is -3.12. The number of ether oxygens (including phenoxy) is 2. The van der Waals surface area contributed by atoms with Gasteiger partial charge in [0.15, 0.2) is 0 Å². The van der Waals surface area contributed by atoms with Crippen molar-refractivity contribution in [2.75, 3.05) is 27.4 Å². The SMILES string of the molecule is COCCCN1C(=O)C(=O)/C(=C(\O)c2ccc(C)c(C)c2)C1c1ccc(OC)cc1. The van der Waals surface area contributed by atoms with Crippen molar-refractivity contribution in [2.24, 2.45) is 0 Å². The molecule has 6 nitrogen and oxygen atoms in total. The first-order chi connectivity index (χ1) is 14.4. The van der Waals surface area contributed by atoms with Crippen LogP contribution < -0.4 is 4.74 Å². The highest BCUT2D eigenvalue weighted by Crippen LogP contribution is 2.40. The quantitative estimate of drug-likeness (QED) is 0.326. The summed E-state index contributed by atoms with van der Waals surface area (Å²) in [6, 6.07) is 12.0. The van der Waals surface area contributed by atoms with Gasteiger partial charge in [0, 0.05) is 25.8 Å². The largest absolute Gasteiger partial charge is 0.507 e. The second-order valence-corrected chi connectivity index (χ2v) is 7.41. The van der Waals surface area contributed by atoms with Crippen LogP contribution in [-0.4, -0.2) is 49.1 Å². The number of aryl methyl sites for hydroxylation is 2. The van der Waals surface area contributed by atoms with Crippen LogP contribution in [0.15, 0.2) is 48.0 Å². The number of aliphatic hydroxyl groups is 1. The number of carbonyl (C=O) groups is 2. The number of methoxy groups -OCH3 is 2. The number of aliphatic hydroxyl groups excluding tert-OH is 1. The third-order valence-corrected chi connectivity index (χ3v) is 5.50. The zero-order valence-electron chi connectivity index (χ0n) is 17.8. The molecule has 1 atom stereocenters. The van der Waals surface area contributed by atoms with Gasteiger partial charge >= 0.3 is 0 Å². The number of ketones is 1. The van der Waals surface area contributed by atoms with E-state index in [1.807, 2.05) is 38.1 Å². The third kappa shape index (κ3) is 4.09. The molecule has 1 heterocycles. The number of nitrogens with zero attached hydrogens (tertiary/aromatic N) is 1. The van der Waals surface area contributed by atoms with Crippen molar-refractivity contribution >= 4 is 17.4 Å². The van der Waals surface area contributed by atoms with Crippen LogP contribution in [0.5, 0.6) is 5.75 Å². The minimum Gasteiger partial charge on any atom is -0.507 e.